The highest BCUT2D eigenvalue weighted by atomic mass is 16.4. The van der Waals surface area contributed by atoms with Crippen LogP contribution in [0.2, 0.25) is 0 Å². The van der Waals surface area contributed by atoms with Crippen molar-refractivity contribution >= 4 is 12.0 Å². The van der Waals surface area contributed by atoms with Gasteiger partial charge >= 0.3 is 12.0 Å². The van der Waals surface area contributed by atoms with Gasteiger partial charge in [0.15, 0.2) is 0 Å². The summed E-state index contributed by atoms with van der Waals surface area (Å²) in [6.07, 6.45) is 0.569. The molecule has 0 rings (SSSR count). The van der Waals surface area contributed by atoms with E-state index in [2.05, 4.69) is 10.6 Å². The molecule has 0 heterocycles. The van der Waals surface area contributed by atoms with Crippen molar-refractivity contribution < 1.29 is 14.7 Å². The largest absolute Gasteiger partial charge is 0.481 e. The molecule has 0 aromatic carbocycles. The van der Waals surface area contributed by atoms with Crippen molar-refractivity contribution in [2.24, 2.45) is 0 Å². The average Bonchev–Trinajstić information content (AvgIpc) is 2.00. The lowest BCUT2D eigenvalue weighted by Gasteiger charge is -2.16. The zero-order chi connectivity index (χ0) is 11.1. The fourth-order valence-corrected chi connectivity index (χ4v) is 0.997. The third-order valence-electron chi connectivity index (χ3n) is 1.67. The molecule has 0 aromatic heterocycles. The quantitative estimate of drug-likeness (QED) is 0.621. The van der Waals surface area contributed by atoms with Gasteiger partial charge in [0, 0.05) is 12.1 Å². The van der Waals surface area contributed by atoms with E-state index < -0.39 is 5.97 Å². The predicted octanol–water partition coefficient (Wildman–Crippen LogP) is 0.947. The fourth-order valence-electron chi connectivity index (χ4n) is 0.997. The van der Waals surface area contributed by atoms with Crippen molar-refractivity contribution in [3.63, 3.8) is 0 Å². The highest BCUT2D eigenvalue weighted by molar-refractivity contribution is 5.75. The number of nitrogens with one attached hydrogen (secondary N) is 2. The SMILES string of the molecule is CC[C@@H](CC(=O)O)NC(=O)NC(C)C. The van der Waals surface area contributed by atoms with E-state index in [1.54, 1.807) is 0 Å². The minimum absolute atomic E-state index is 0.0397. The first kappa shape index (κ1) is 12.7. The lowest BCUT2D eigenvalue weighted by molar-refractivity contribution is -0.137. The van der Waals surface area contributed by atoms with Gasteiger partial charge in [0.1, 0.15) is 0 Å². The molecule has 0 aliphatic heterocycles. The summed E-state index contributed by atoms with van der Waals surface area (Å²) in [4.78, 5) is 21.6. The van der Waals surface area contributed by atoms with Crippen molar-refractivity contribution in [2.75, 3.05) is 0 Å². The minimum atomic E-state index is -0.901. The maximum atomic E-state index is 11.2. The molecular formula is C9H18N2O3. The first-order chi connectivity index (χ1) is 6.45. The lowest BCUT2D eigenvalue weighted by Crippen LogP contribution is -2.45. The summed E-state index contributed by atoms with van der Waals surface area (Å²) in [6, 6.07) is -0.559. The Hall–Kier alpha value is -1.26. The summed E-state index contributed by atoms with van der Waals surface area (Å²) in [5.74, 6) is -0.901. The molecule has 0 unspecified atom stereocenters. The van der Waals surface area contributed by atoms with Gasteiger partial charge in [-0.15, -0.1) is 0 Å². The van der Waals surface area contributed by atoms with Crippen LogP contribution in [-0.4, -0.2) is 29.2 Å². The molecule has 0 aliphatic rings. The van der Waals surface area contributed by atoms with E-state index in [-0.39, 0.29) is 24.5 Å². The zero-order valence-electron chi connectivity index (χ0n) is 8.83. The normalized spacial score (nSPS) is 12.3. The van der Waals surface area contributed by atoms with Crippen LogP contribution in [0.3, 0.4) is 0 Å². The number of rotatable bonds is 5. The number of carboxylic acids is 1. The van der Waals surface area contributed by atoms with Crippen molar-refractivity contribution in [1.82, 2.24) is 10.6 Å². The van der Waals surface area contributed by atoms with Crippen LogP contribution in [0.15, 0.2) is 0 Å². The molecule has 3 N–H and O–H groups in total. The second kappa shape index (κ2) is 6.23. The van der Waals surface area contributed by atoms with E-state index in [9.17, 15) is 9.59 Å². The van der Waals surface area contributed by atoms with Crippen LogP contribution < -0.4 is 10.6 Å². The molecule has 5 nitrogen and oxygen atoms in total. The molecule has 0 aromatic rings. The van der Waals surface area contributed by atoms with Crippen molar-refractivity contribution in [2.45, 2.75) is 45.7 Å². The number of carbonyl (C=O) groups excluding carboxylic acids is 1. The molecular weight excluding hydrogens is 184 g/mol. The zero-order valence-corrected chi connectivity index (χ0v) is 8.83. The van der Waals surface area contributed by atoms with Gasteiger partial charge in [0.2, 0.25) is 0 Å². The Bertz CT molecular complexity index is 204. The molecule has 0 saturated heterocycles. The molecule has 14 heavy (non-hydrogen) atoms. The number of aliphatic carboxylic acids is 1. The van der Waals surface area contributed by atoms with Gasteiger partial charge < -0.3 is 15.7 Å². The van der Waals surface area contributed by atoms with Gasteiger partial charge in [0.25, 0.3) is 0 Å². The number of carbonyl (C=O) groups is 2. The molecule has 0 radical (unpaired) electrons. The molecule has 0 aliphatic carbocycles. The van der Waals surface area contributed by atoms with Gasteiger partial charge in [-0.1, -0.05) is 6.92 Å². The van der Waals surface area contributed by atoms with Crippen LogP contribution in [0, 0.1) is 0 Å². The fraction of sp³-hybridized carbons (Fsp3) is 0.778. The standard InChI is InChI=1S/C9H18N2O3/c1-4-7(5-8(12)13)11-9(14)10-6(2)3/h6-7H,4-5H2,1-3H3,(H,12,13)(H2,10,11,14)/t7-/m0/s1. The van der Waals surface area contributed by atoms with Crippen molar-refractivity contribution in [1.29, 1.82) is 0 Å². The van der Waals surface area contributed by atoms with Crippen LogP contribution in [0.25, 0.3) is 0 Å². The molecule has 0 fully saturated rings. The molecule has 2 amide bonds. The maximum Gasteiger partial charge on any atom is 0.315 e. The van der Waals surface area contributed by atoms with Crippen LogP contribution in [-0.2, 0) is 4.79 Å². The second-order valence-electron chi connectivity index (χ2n) is 3.48. The van der Waals surface area contributed by atoms with Crippen LogP contribution in [0.4, 0.5) is 4.79 Å². The van der Waals surface area contributed by atoms with Gasteiger partial charge in [-0.05, 0) is 20.3 Å². The summed E-state index contributed by atoms with van der Waals surface area (Å²) < 4.78 is 0. The Morgan fingerprint density at radius 3 is 2.21 bits per heavy atom. The molecule has 1 atom stereocenters. The Labute approximate surface area is 83.9 Å². The number of carboxylic acid groups (broad SMARTS) is 1. The first-order valence-corrected chi connectivity index (χ1v) is 4.74. The summed E-state index contributed by atoms with van der Waals surface area (Å²) >= 11 is 0. The first-order valence-electron chi connectivity index (χ1n) is 4.74. The van der Waals surface area contributed by atoms with E-state index in [0.29, 0.717) is 6.42 Å². The second-order valence-corrected chi connectivity index (χ2v) is 3.48. The van der Waals surface area contributed by atoms with E-state index in [0.717, 1.165) is 0 Å². The number of hydrogen-bond acceptors (Lipinski definition) is 2. The molecule has 0 spiro atoms. The molecule has 0 saturated carbocycles. The van der Waals surface area contributed by atoms with E-state index in [1.165, 1.54) is 0 Å². The van der Waals surface area contributed by atoms with Crippen LogP contribution in [0.5, 0.6) is 0 Å². The van der Waals surface area contributed by atoms with E-state index in [4.69, 9.17) is 5.11 Å². The van der Waals surface area contributed by atoms with Gasteiger partial charge in [-0.25, -0.2) is 4.79 Å². The van der Waals surface area contributed by atoms with Crippen LogP contribution in [0.1, 0.15) is 33.6 Å². The third-order valence-corrected chi connectivity index (χ3v) is 1.67. The molecule has 5 heteroatoms. The average molecular weight is 202 g/mol. The summed E-state index contributed by atoms with van der Waals surface area (Å²) in [6.45, 7) is 5.53. The lowest BCUT2D eigenvalue weighted by atomic mass is 10.1. The highest BCUT2D eigenvalue weighted by Crippen LogP contribution is 1.97. The third kappa shape index (κ3) is 6.28. The van der Waals surface area contributed by atoms with Crippen molar-refractivity contribution in [3.8, 4) is 0 Å². The Kier molecular flexibility index (Phi) is 5.67. The highest BCUT2D eigenvalue weighted by Gasteiger charge is 2.13. The Morgan fingerprint density at radius 1 is 1.29 bits per heavy atom. The van der Waals surface area contributed by atoms with Gasteiger partial charge in [0.05, 0.1) is 6.42 Å². The van der Waals surface area contributed by atoms with E-state index >= 15 is 0 Å². The Morgan fingerprint density at radius 2 is 1.86 bits per heavy atom. The molecule has 0 bridgehead atoms. The van der Waals surface area contributed by atoms with Gasteiger partial charge in [-0.2, -0.15) is 0 Å². The van der Waals surface area contributed by atoms with Crippen LogP contribution >= 0.6 is 0 Å². The molecule has 82 valence electrons. The summed E-state index contributed by atoms with van der Waals surface area (Å²) in [5, 5.41) is 13.8. The van der Waals surface area contributed by atoms with Crippen molar-refractivity contribution in [3.05, 3.63) is 0 Å². The predicted molar refractivity (Wildman–Crippen MR) is 53.1 cm³/mol. The maximum absolute atomic E-state index is 11.2. The van der Waals surface area contributed by atoms with Gasteiger partial charge in [-0.3, -0.25) is 4.79 Å². The monoisotopic (exact) mass is 202 g/mol. The van der Waals surface area contributed by atoms with E-state index in [1.807, 2.05) is 20.8 Å². The Balaban J connectivity index is 3.92. The number of urea groups is 1. The minimum Gasteiger partial charge on any atom is -0.481 e. The number of hydrogen-bond donors (Lipinski definition) is 3. The smallest absolute Gasteiger partial charge is 0.315 e. The topological polar surface area (TPSA) is 78.4 Å². The summed E-state index contributed by atoms with van der Waals surface area (Å²) in [5.41, 5.74) is 0. The summed E-state index contributed by atoms with van der Waals surface area (Å²) in [7, 11) is 0. The number of amides is 2.